The van der Waals surface area contributed by atoms with Crippen LogP contribution >= 0.6 is 0 Å². The van der Waals surface area contributed by atoms with Crippen molar-refractivity contribution in [2.45, 2.75) is 18.8 Å². The molecule has 9 aromatic carbocycles. The van der Waals surface area contributed by atoms with E-state index in [-0.39, 0.29) is 0 Å². The zero-order valence-electron chi connectivity index (χ0n) is 30.3. The molecule has 1 atom stereocenters. The summed E-state index contributed by atoms with van der Waals surface area (Å²) in [5.74, 6) is 0.320. The minimum Gasteiger partial charge on any atom is -0.310 e. The molecule has 12 rings (SSSR count). The van der Waals surface area contributed by atoms with Gasteiger partial charge in [-0.1, -0.05) is 127 Å². The number of anilines is 3. The molecule has 0 bridgehead atoms. The highest BCUT2D eigenvalue weighted by Gasteiger charge is 2.34. The number of fused-ring (bicyclic) bond motifs is 3. The molecule has 0 fully saturated rings. The zero-order chi connectivity index (χ0) is 36.0. The van der Waals surface area contributed by atoms with Crippen molar-refractivity contribution in [3.63, 3.8) is 0 Å². The van der Waals surface area contributed by atoms with E-state index in [1.807, 2.05) is 0 Å². The fourth-order valence-electron chi connectivity index (χ4n) is 10.0. The first-order valence-corrected chi connectivity index (χ1v) is 19.4. The fourth-order valence-corrected chi connectivity index (χ4v) is 10.0. The third kappa shape index (κ3) is 4.49. The highest BCUT2D eigenvalue weighted by molar-refractivity contribution is 6.32. The summed E-state index contributed by atoms with van der Waals surface area (Å²) in [6, 6.07) is 69.7. The van der Waals surface area contributed by atoms with Crippen LogP contribution in [0.15, 0.2) is 188 Å². The molecule has 2 nitrogen and oxygen atoms in total. The Hall–Kier alpha value is -6.90. The Bertz CT molecular complexity index is 3100. The molecule has 258 valence electrons. The third-order valence-corrected chi connectivity index (χ3v) is 12.2. The Balaban J connectivity index is 1.09. The van der Waals surface area contributed by atoms with Crippen LogP contribution in [-0.2, 0) is 12.8 Å². The lowest BCUT2D eigenvalue weighted by molar-refractivity contribution is 0.675. The molecule has 2 aliphatic carbocycles. The van der Waals surface area contributed by atoms with Crippen LogP contribution in [0, 0.1) is 0 Å². The monoisotopic (exact) mass is 700 g/mol. The molecule has 0 N–H and O–H groups in total. The molecule has 0 radical (unpaired) electrons. The topological polar surface area (TPSA) is 8.17 Å². The number of nitrogens with zero attached hydrogens (tertiary/aromatic N) is 2. The Morgan fingerprint density at radius 3 is 1.95 bits per heavy atom. The quantitative estimate of drug-likeness (QED) is 0.168. The summed E-state index contributed by atoms with van der Waals surface area (Å²) in [4.78, 5) is 2.37. The van der Waals surface area contributed by atoms with Crippen molar-refractivity contribution in [2.24, 2.45) is 0 Å². The molecule has 0 spiro atoms. The van der Waals surface area contributed by atoms with Gasteiger partial charge in [-0.2, -0.15) is 0 Å². The van der Waals surface area contributed by atoms with Gasteiger partial charge in [0, 0.05) is 33.5 Å². The maximum atomic E-state index is 2.53. The highest BCUT2D eigenvalue weighted by Crippen LogP contribution is 2.57. The second-order valence-corrected chi connectivity index (χ2v) is 15.2. The second kappa shape index (κ2) is 11.8. The van der Waals surface area contributed by atoms with Crippen LogP contribution in [0.2, 0.25) is 0 Å². The largest absolute Gasteiger partial charge is 0.310 e. The van der Waals surface area contributed by atoms with Crippen molar-refractivity contribution in [1.82, 2.24) is 4.57 Å². The van der Waals surface area contributed by atoms with Gasteiger partial charge >= 0.3 is 0 Å². The lowest BCUT2D eigenvalue weighted by atomic mass is 9.72. The number of hydrogen-bond acceptors (Lipinski definition) is 1. The van der Waals surface area contributed by atoms with Crippen LogP contribution in [0.25, 0.3) is 71.3 Å². The van der Waals surface area contributed by atoms with Crippen LogP contribution in [0.1, 0.15) is 22.6 Å². The van der Waals surface area contributed by atoms with Gasteiger partial charge in [0.1, 0.15) is 0 Å². The van der Waals surface area contributed by atoms with Crippen molar-refractivity contribution < 1.29 is 0 Å². The Kier molecular flexibility index (Phi) is 6.55. The average Bonchev–Trinajstić information content (AvgIpc) is 3.51. The summed E-state index contributed by atoms with van der Waals surface area (Å²) < 4.78 is 2.48. The molecule has 1 aromatic heterocycles. The molecule has 1 unspecified atom stereocenters. The smallest absolute Gasteiger partial charge is 0.0547 e. The number of benzene rings is 9. The molecule has 0 amide bonds. The fraction of sp³-hybridized carbons (Fsp3) is 0.0566. The highest BCUT2D eigenvalue weighted by atomic mass is 15.1. The van der Waals surface area contributed by atoms with E-state index >= 15 is 0 Å². The number of para-hydroxylation sites is 3. The summed E-state index contributed by atoms with van der Waals surface area (Å²) in [6.07, 6.45) is 1.95. The van der Waals surface area contributed by atoms with E-state index in [1.54, 1.807) is 0 Å². The minimum absolute atomic E-state index is 0.320. The molecule has 0 saturated carbocycles. The third-order valence-electron chi connectivity index (χ3n) is 12.2. The molecular formula is C53H36N2. The lowest BCUT2D eigenvalue weighted by Gasteiger charge is -2.32. The lowest BCUT2D eigenvalue weighted by Crippen LogP contribution is -2.15. The Morgan fingerprint density at radius 1 is 0.473 bits per heavy atom. The van der Waals surface area contributed by atoms with Crippen molar-refractivity contribution >= 4 is 60.4 Å². The molecule has 2 heteroatoms. The van der Waals surface area contributed by atoms with Gasteiger partial charge in [-0.05, 0) is 140 Å². The van der Waals surface area contributed by atoms with Crippen molar-refractivity contribution in [3.05, 3.63) is 205 Å². The summed E-state index contributed by atoms with van der Waals surface area (Å²) in [5, 5.41) is 8.09. The normalized spacial score (nSPS) is 14.0. The maximum Gasteiger partial charge on any atom is 0.0547 e. The van der Waals surface area contributed by atoms with Gasteiger partial charge < -0.3 is 9.47 Å². The molecule has 1 heterocycles. The van der Waals surface area contributed by atoms with Crippen molar-refractivity contribution in [1.29, 1.82) is 0 Å². The Labute approximate surface area is 320 Å². The van der Waals surface area contributed by atoms with Crippen molar-refractivity contribution in [3.8, 4) is 27.9 Å². The van der Waals surface area contributed by atoms with E-state index < -0.39 is 0 Å². The SMILES string of the molecule is c1ccc(N(c2ccccc2)c2cccc(CC3Cc4ccc5ccc6c7c5c4-c4c3cc3ccccc3c4-c3cccc(c37)n6-c3ccccc3)c2)cc1. The van der Waals surface area contributed by atoms with Crippen LogP contribution < -0.4 is 4.90 Å². The Morgan fingerprint density at radius 2 is 1.15 bits per heavy atom. The molecule has 10 aromatic rings. The van der Waals surface area contributed by atoms with E-state index in [1.165, 1.54) is 93.7 Å². The van der Waals surface area contributed by atoms with Crippen LogP contribution in [0.5, 0.6) is 0 Å². The number of hydrogen-bond donors (Lipinski definition) is 0. The van der Waals surface area contributed by atoms with Crippen LogP contribution in [-0.4, -0.2) is 4.57 Å². The zero-order valence-corrected chi connectivity index (χ0v) is 30.3. The van der Waals surface area contributed by atoms with Crippen LogP contribution in [0.3, 0.4) is 0 Å². The van der Waals surface area contributed by atoms with Gasteiger partial charge in [-0.3, -0.25) is 0 Å². The summed E-state index contributed by atoms with van der Waals surface area (Å²) >= 11 is 0. The van der Waals surface area contributed by atoms with E-state index in [9.17, 15) is 0 Å². The van der Waals surface area contributed by atoms with Gasteiger partial charge in [0.25, 0.3) is 0 Å². The molecular weight excluding hydrogens is 665 g/mol. The van der Waals surface area contributed by atoms with Gasteiger partial charge in [-0.15, -0.1) is 0 Å². The number of aromatic nitrogens is 1. The molecule has 0 aliphatic heterocycles. The predicted octanol–water partition coefficient (Wildman–Crippen LogP) is 14.1. The first-order valence-electron chi connectivity index (χ1n) is 19.4. The minimum atomic E-state index is 0.320. The van der Waals surface area contributed by atoms with Gasteiger partial charge in [0.05, 0.1) is 11.0 Å². The summed E-state index contributed by atoms with van der Waals surface area (Å²) in [6.45, 7) is 0. The van der Waals surface area contributed by atoms with E-state index in [4.69, 9.17) is 0 Å². The average molecular weight is 701 g/mol. The van der Waals surface area contributed by atoms with E-state index in [0.29, 0.717) is 5.92 Å². The molecule has 2 aliphatic rings. The standard InChI is InChI=1S/C53H36N2/c1-4-16-39(17-5-1)54(40-18-6-2-7-19-40)42-22-12-14-34(31-42)30-38-32-37-27-26-35-28-29-47-53-48(35)49(37)52-45(38)33-36-15-10-11-23-43(36)50(52)44-24-13-25-46(51(44)53)55(47)41-20-8-3-9-21-41/h1-29,31,33,38H,30,32H2. The van der Waals surface area contributed by atoms with Gasteiger partial charge in [0.2, 0.25) is 0 Å². The van der Waals surface area contributed by atoms with Gasteiger partial charge in [-0.25, -0.2) is 0 Å². The summed E-state index contributed by atoms with van der Waals surface area (Å²) in [5.41, 5.74) is 17.1. The number of rotatable bonds is 6. The maximum absolute atomic E-state index is 2.53. The van der Waals surface area contributed by atoms with Crippen molar-refractivity contribution in [2.75, 3.05) is 4.90 Å². The summed E-state index contributed by atoms with van der Waals surface area (Å²) in [7, 11) is 0. The molecule has 0 saturated heterocycles. The van der Waals surface area contributed by atoms with E-state index in [2.05, 4.69) is 198 Å². The first kappa shape index (κ1) is 30.6. The van der Waals surface area contributed by atoms with Gasteiger partial charge in [0.15, 0.2) is 0 Å². The van der Waals surface area contributed by atoms with Crippen LogP contribution in [0.4, 0.5) is 17.1 Å². The molecule has 55 heavy (non-hydrogen) atoms. The van der Waals surface area contributed by atoms with E-state index in [0.717, 1.165) is 24.2 Å². The predicted molar refractivity (Wildman–Crippen MR) is 231 cm³/mol. The second-order valence-electron chi connectivity index (χ2n) is 15.2. The first-order chi connectivity index (χ1) is 27.3.